The molecule has 140 valence electrons. The fourth-order valence-electron chi connectivity index (χ4n) is 2.07. The summed E-state index contributed by atoms with van der Waals surface area (Å²) in [5.74, 6) is -0.0684. The number of rotatable bonds is 4. The van der Waals surface area contributed by atoms with E-state index < -0.39 is 17.7 Å². The van der Waals surface area contributed by atoms with Crippen LogP contribution in [0.25, 0.3) is 0 Å². The molecule has 0 saturated heterocycles. The van der Waals surface area contributed by atoms with E-state index in [-0.39, 0.29) is 6.61 Å². The quantitative estimate of drug-likeness (QED) is 0.470. The number of allylic oxidation sites excluding steroid dienone is 1. The Morgan fingerprint density at radius 2 is 1.85 bits per heavy atom. The van der Waals surface area contributed by atoms with Crippen molar-refractivity contribution < 1.29 is 23.8 Å². The first-order valence-corrected chi connectivity index (χ1v) is 8.46. The highest BCUT2D eigenvalue weighted by atomic mass is 32.1. The van der Waals surface area contributed by atoms with E-state index in [0.29, 0.717) is 28.7 Å². The van der Waals surface area contributed by atoms with Gasteiger partial charge in [0.2, 0.25) is 0 Å². The maximum Gasteiger partial charge on any atom is 0.514 e. The average molecular weight is 378 g/mol. The third kappa shape index (κ3) is 6.03. The highest BCUT2D eigenvalue weighted by molar-refractivity contribution is 7.80. The van der Waals surface area contributed by atoms with E-state index in [1.807, 2.05) is 0 Å². The van der Waals surface area contributed by atoms with E-state index in [0.717, 1.165) is 5.56 Å². The number of nitrogens with one attached hydrogen (secondary N) is 2. The van der Waals surface area contributed by atoms with Crippen LogP contribution in [0.3, 0.4) is 0 Å². The summed E-state index contributed by atoms with van der Waals surface area (Å²) in [5.41, 5.74) is 1.33. The fourth-order valence-corrected chi connectivity index (χ4v) is 2.30. The van der Waals surface area contributed by atoms with Crippen LogP contribution in [0.1, 0.15) is 33.3 Å². The molecule has 0 unspecified atom stereocenters. The van der Waals surface area contributed by atoms with Crippen molar-refractivity contribution in [3.8, 4) is 5.75 Å². The fraction of sp³-hybridized carbons (Fsp3) is 0.389. The van der Waals surface area contributed by atoms with Gasteiger partial charge < -0.3 is 24.8 Å². The number of benzene rings is 1. The zero-order chi connectivity index (χ0) is 19.3. The summed E-state index contributed by atoms with van der Waals surface area (Å²) in [5, 5.41) is 6.26. The summed E-state index contributed by atoms with van der Waals surface area (Å²) in [6.45, 7) is 7.48. The van der Waals surface area contributed by atoms with E-state index in [1.165, 1.54) is 0 Å². The minimum Gasteiger partial charge on any atom is -0.457 e. The molecule has 0 aromatic heterocycles. The van der Waals surface area contributed by atoms with Crippen molar-refractivity contribution in [2.75, 3.05) is 6.54 Å². The van der Waals surface area contributed by atoms with Crippen LogP contribution < -0.4 is 15.4 Å². The maximum absolute atomic E-state index is 12.1. The molecule has 0 bridgehead atoms. The van der Waals surface area contributed by atoms with Gasteiger partial charge in [-0.3, -0.25) is 0 Å². The van der Waals surface area contributed by atoms with Crippen molar-refractivity contribution in [2.45, 2.75) is 39.9 Å². The minimum atomic E-state index is -0.769. The zero-order valence-corrected chi connectivity index (χ0v) is 16.0. The maximum atomic E-state index is 12.1. The Bertz CT molecular complexity index is 735. The third-order valence-corrected chi connectivity index (χ3v) is 3.56. The summed E-state index contributed by atoms with van der Waals surface area (Å²) in [4.78, 5) is 23.8. The van der Waals surface area contributed by atoms with Gasteiger partial charge in [0.1, 0.15) is 18.0 Å². The normalized spacial score (nSPS) is 14.2. The monoisotopic (exact) mass is 378 g/mol. The Kier molecular flexibility index (Phi) is 6.20. The van der Waals surface area contributed by atoms with Crippen molar-refractivity contribution in [3.63, 3.8) is 0 Å². The molecule has 0 saturated carbocycles. The molecule has 0 aliphatic carbocycles. The highest BCUT2D eigenvalue weighted by Gasteiger charge is 2.20. The SMILES string of the molecule is CC1=C(C(=O)OCc2ccc(OC(=O)OC(C)(C)C)cc2)CNC(=S)N1. The molecular formula is C18H22N2O5S. The first-order chi connectivity index (χ1) is 12.1. The second-order valence-corrected chi connectivity index (χ2v) is 7.11. The Hall–Kier alpha value is -2.61. The van der Waals surface area contributed by atoms with E-state index in [9.17, 15) is 9.59 Å². The topological polar surface area (TPSA) is 85.9 Å². The zero-order valence-electron chi connectivity index (χ0n) is 15.2. The lowest BCUT2D eigenvalue weighted by atomic mass is 10.2. The van der Waals surface area contributed by atoms with Gasteiger partial charge in [-0.2, -0.15) is 0 Å². The highest BCUT2D eigenvalue weighted by Crippen LogP contribution is 2.16. The van der Waals surface area contributed by atoms with Crippen LogP contribution in [0.15, 0.2) is 35.5 Å². The second kappa shape index (κ2) is 8.18. The molecule has 7 nitrogen and oxygen atoms in total. The first kappa shape index (κ1) is 19.7. The molecule has 1 aliphatic rings. The summed E-state index contributed by atoms with van der Waals surface area (Å²) in [6, 6.07) is 6.64. The van der Waals surface area contributed by atoms with Crippen LogP contribution >= 0.6 is 12.2 Å². The van der Waals surface area contributed by atoms with Crippen molar-refractivity contribution in [3.05, 3.63) is 41.1 Å². The molecule has 0 atom stereocenters. The Morgan fingerprint density at radius 1 is 1.19 bits per heavy atom. The van der Waals surface area contributed by atoms with Crippen molar-refractivity contribution >= 4 is 29.5 Å². The minimum absolute atomic E-state index is 0.104. The van der Waals surface area contributed by atoms with Crippen molar-refractivity contribution in [1.29, 1.82) is 0 Å². The van der Waals surface area contributed by atoms with Crippen LogP contribution in [-0.2, 0) is 20.9 Å². The molecule has 0 radical (unpaired) electrons. The van der Waals surface area contributed by atoms with Crippen molar-refractivity contribution in [2.24, 2.45) is 0 Å². The number of thiocarbonyl (C=S) groups is 1. The van der Waals surface area contributed by atoms with Crippen LogP contribution in [0.2, 0.25) is 0 Å². The van der Waals surface area contributed by atoms with E-state index in [1.54, 1.807) is 52.0 Å². The second-order valence-electron chi connectivity index (χ2n) is 6.70. The van der Waals surface area contributed by atoms with Gasteiger partial charge in [0.05, 0.1) is 12.1 Å². The van der Waals surface area contributed by atoms with E-state index in [4.69, 9.17) is 26.4 Å². The smallest absolute Gasteiger partial charge is 0.457 e. The van der Waals surface area contributed by atoms with E-state index in [2.05, 4.69) is 10.6 Å². The summed E-state index contributed by atoms with van der Waals surface area (Å²) in [6.07, 6.45) is -0.769. The molecule has 0 amide bonds. The summed E-state index contributed by atoms with van der Waals surface area (Å²) in [7, 11) is 0. The predicted octanol–water partition coefficient (Wildman–Crippen LogP) is 2.80. The largest absolute Gasteiger partial charge is 0.514 e. The number of carbonyl (C=O) groups is 2. The Balaban J connectivity index is 1.87. The van der Waals surface area contributed by atoms with Gasteiger partial charge in [-0.15, -0.1) is 0 Å². The average Bonchev–Trinajstić information content (AvgIpc) is 2.52. The molecule has 1 aromatic carbocycles. The standard InChI is InChI=1S/C18H22N2O5S/c1-11-14(9-19-16(26)20-11)15(21)23-10-12-5-7-13(8-6-12)24-17(22)25-18(2,3)4/h5-8H,9-10H2,1-4H3,(H2,19,20,26). The van der Waals surface area contributed by atoms with E-state index >= 15 is 0 Å². The lowest BCUT2D eigenvalue weighted by molar-refractivity contribution is -0.140. The molecular weight excluding hydrogens is 356 g/mol. The van der Waals surface area contributed by atoms with Gasteiger partial charge in [0.15, 0.2) is 5.11 Å². The van der Waals surface area contributed by atoms with Gasteiger partial charge in [0, 0.05) is 5.70 Å². The number of esters is 1. The number of carbonyl (C=O) groups excluding carboxylic acids is 2. The molecule has 0 fully saturated rings. The number of ether oxygens (including phenoxy) is 3. The van der Waals surface area contributed by atoms with Gasteiger partial charge in [0.25, 0.3) is 0 Å². The van der Waals surface area contributed by atoms with Crippen molar-refractivity contribution in [1.82, 2.24) is 10.6 Å². The number of hydrogen-bond acceptors (Lipinski definition) is 6. The molecule has 1 heterocycles. The summed E-state index contributed by atoms with van der Waals surface area (Å²) >= 11 is 4.98. The van der Waals surface area contributed by atoms with Gasteiger partial charge in [-0.05, 0) is 57.6 Å². The van der Waals surface area contributed by atoms with Crippen LogP contribution in [0, 0.1) is 0 Å². The Labute approximate surface area is 157 Å². The molecule has 1 aliphatic heterocycles. The lowest BCUT2D eigenvalue weighted by Gasteiger charge is -2.20. The molecule has 1 aromatic rings. The van der Waals surface area contributed by atoms with Crippen LogP contribution in [0.4, 0.5) is 4.79 Å². The van der Waals surface area contributed by atoms with Gasteiger partial charge >= 0.3 is 12.1 Å². The first-order valence-electron chi connectivity index (χ1n) is 8.05. The number of hydrogen-bond donors (Lipinski definition) is 2. The van der Waals surface area contributed by atoms with Crippen LogP contribution in [0.5, 0.6) is 5.75 Å². The lowest BCUT2D eigenvalue weighted by Crippen LogP contribution is -2.42. The van der Waals surface area contributed by atoms with Gasteiger partial charge in [-0.25, -0.2) is 9.59 Å². The molecule has 26 heavy (non-hydrogen) atoms. The Morgan fingerprint density at radius 3 is 2.42 bits per heavy atom. The van der Waals surface area contributed by atoms with Crippen LogP contribution in [-0.4, -0.2) is 29.4 Å². The summed E-state index contributed by atoms with van der Waals surface area (Å²) < 4.78 is 15.5. The third-order valence-electron chi connectivity index (χ3n) is 3.31. The van der Waals surface area contributed by atoms with Gasteiger partial charge in [-0.1, -0.05) is 12.1 Å². The predicted molar refractivity (Wildman–Crippen MR) is 99.5 cm³/mol. The molecule has 2 rings (SSSR count). The molecule has 0 spiro atoms. The molecule has 8 heteroatoms. The molecule has 2 N–H and O–H groups in total.